The normalized spacial score (nSPS) is 12.2. The molecule has 0 heterocycles. The summed E-state index contributed by atoms with van der Waals surface area (Å²) in [5.41, 5.74) is 0.938. The maximum Gasteiger partial charge on any atom is 0.244 e. The van der Waals surface area contributed by atoms with Crippen LogP contribution >= 0.6 is 15.9 Å². The van der Waals surface area contributed by atoms with Gasteiger partial charge in [-0.15, -0.1) is 0 Å². The van der Waals surface area contributed by atoms with Crippen LogP contribution in [0, 0.1) is 5.82 Å². The lowest BCUT2D eigenvalue weighted by Crippen LogP contribution is -2.51. The van der Waals surface area contributed by atoms with Gasteiger partial charge in [0.15, 0.2) is 0 Å². The molecule has 0 aliphatic heterocycles. The van der Waals surface area contributed by atoms with Crippen molar-refractivity contribution in [3.63, 3.8) is 0 Å². The standard InChI is InChI=1S/C23H29BrFN3O4S/c1-4-5-13-26-23(30)17(2)27(15-18-9-11-20(25)12-10-18)22(29)16-28(33(3,31)32)21-8-6-7-19(24)14-21/h6-12,14,17H,4-5,13,15-16H2,1-3H3,(H,26,30)/t17-/m1/s1. The lowest BCUT2D eigenvalue weighted by molar-refractivity contribution is -0.139. The monoisotopic (exact) mass is 541 g/mol. The van der Waals surface area contributed by atoms with Gasteiger partial charge in [-0.1, -0.05) is 47.5 Å². The van der Waals surface area contributed by atoms with Crippen LogP contribution in [0.25, 0.3) is 0 Å². The molecule has 0 aromatic heterocycles. The van der Waals surface area contributed by atoms with Gasteiger partial charge >= 0.3 is 0 Å². The average Bonchev–Trinajstić information content (AvgIpc) is 2.75. The first kappa shape index (κ1) is 26.8. The Kier molecular flexibility index (Phi) is 9.85. The molecule has 0 saturated carbocycles. The molecule has 33 heavy (non-hydrogen) atoms. The molecule has 2 aromatic rings. The highest BCUT2D eigenvalue weighted by molar-refractivity contribution is 9.10. The molecule has 2 aromatic carbocycles. The van der Waals surface area contributed by atoms with E-state index in [-0.39, 0.29) is 12.5 Å². The molecule has 0 bridgehead atoms. The van der Waals surface area contributed by atoms with E-state index >= 15 is 0 Å². The molecule has 0 spiro atoms. The molecular formula is C23H29BrFN3O4S. The molecule has 0 unspecified atom stereocenters. The predicted molar refractivity (Wildman–Crippen MR) is 131 cm³/mol. The number of hydrogen-bond acceptors (Lipinski definition) is 4. The van der Waals surface area contributed by atoms with E-state index in [0.717, 1.165) is 23.4 Å². The highest BCUT2D eigenvalue weighted by Crippen LogP contribution is 2.23. The van der Waals surface area contributed by atoms with Crippen molar-refractivity contribution in [2.45, 2.75) is 39.3 Å². The number of unbranched alkanes of at least 4 members (excludes halogenated alkanes) is 1. The van der Waals surface area contributed by atoms with Gasteiger partial charge in [-0.2, -0.15) is 0 Å². The number of halogens is 2. The molecule has 0 radical (unpaired) electrons. The van der Waals surface area contributed by atoms with Crippen LogP contribution in [0.4, 0.5) is 10.1 Å². The largest absolute Gasteiger partial charge is 0.354 e. The summed E-state index contributed by atoms with van der Waals surface area (Å²) >= 11 is 3.31. The van der Waals surface area contributed by atoms with Crippen molar-refractivity contribution in [1.29, 1.82) is 0 Å². The van der Waals surface area contributed by atoms with Crippen molar-refractivity contribution >= 4 is 43.5 Å². The zero-order chi connectivity index (χ0) is 24.6. The van der Waals surface area contributed by atoms with Crippen LogP contribution in [0.1, 0.15) is 32.3 Å². The van der Waals surface area contributed by atoms with Gasteiger partial charge in [0.05, 0.1) is 11.9 Å². The van der Waals surface area contributed by atoms with Crippen LogP contribution in [0.2, 0.25) is 0 Å². The maximum absolute atomic E-state index is 13.4. The quantitative estimate of drug-likeness (QED) is 0.439. The molecule has 0 aliphatic carbocycles. The zero-order valence-corrected chi connectivity index (χ0v) is 21.3. The molecule has 2 amide bonds. The number of benzene rings is 2. The van der Waals surface area contributed by atoms with Gasteiger partial charge in [0.25, 0.3) is 0 Å². The predicted octanol–water partition coefficient (Wildman–Crippen LogP) is 3.69. The highest BCUT2D eigenvalue weighted by Gasteiger charge is 2.30. The van der Waals surface area contributed by atoms with Gasteiger partial charge in [-0.25, -0.2) is 12.8 Å². The Morgan fingerprint density at radius 3 is 2.39 bits per heavy atom. The highest BCUT2D eigenvalue weighted by atomic mass is 79.9. The van der Waals surface area contributed by atoms with Crippen LogP contribution in [-0.2, 0) is 26.2 Å². The summed E-state index contributed by atoms with van der Waals surface area (Å²) in [6.07, 6.45) is 2.73. The van der Waals surface area contributed by atoms with Crippen LogP contribution in [0.5, 0.6) is 0 Å². The molecule has 10 heteroatoms. The number of hydrogen-bond donors (Lipinski definition) is 1. The Balaban J connectivity index is 2.33. The third-order valence-corrected chi connectivity index (χ3v) is 6.67. The van der Waals surface area contributed by atoms with Gasteiger partial charge in [-0.05, 0) is 49.2 Å². The minimum Gasteiger partial charge on any atom is -0.354 e. The van der Waals surface area contributed by atoms with E-state index in [2.05, 4.69) is 21.2 Å². The Labute approximate surface area is 203 Å². The summed E-state index contributed by atoms with van der Waals surface area (Å²) < 4.78 is 40.0. The van der Waals surface area contributed by atoms with Crippen molar-refractivity contribution < 1.29 is 22.4 Å². The number of carbonyl (C=O) groups is 2. The number of amides is 2. The third kappa shape index (κ3) is 8.12. The second kappa shape index (κ2) is 12.1. The maximum atomic E-state index is 13.4. The van der Waals surface area contributed by atoms with E-state index in [1.165, 1.54) is 29.2 Å². The molecule has 0 aliphatic rings. The third-order valence-electron chi connectivity index (χ3n) is 5.04. The molecular weight excluding hydrogens is 513 g/mol. The van der Waals surface area contributed by atoms with Gasteiger partial charge in [0.1, 0.15) is 18.4 Å². The van der Waals surface area contributed by atoms with Gasteiger partial charge < -0.3 is 10.2 Å². The van der Waals surface area contributed by atoms with E-state index in [9.17, 15) is 22.4 Å². The molecule has 2 rings (SSSR count). The van der Waals surface area contributed by atoms with Crippen LogP contribution < -0.4 is 9.62 Å². The topological polar surface area (TPSA) is 86.8 Å². The summed E-state index contributed by atoms with van der Waals surface area (Å²) in [7, 11) is -3.79. The van der Waals surface area contributed by atoms with E-state index < -0.39 is 34.3 Å². The summed E-state index contributed by atoms with van der Waals surface area (Å²) in [6.45, 7) is 3.61. The lowest BCUT2D eigenvalue weighted by atomic mass is 10.1. The van der Waals surface area contributed by atoms with E-state index in [1.807, 2.05) is 6.92 Å². The zero-order valence-electron chi connectivity index (χ0n) is 18.9. The number of sulfonamides is 1. The average molecular weight is 542 g/mol. The Morgan fingerprint density at radius 1 is 1.15 bits per heavy atom. The summed E-state index contributed by atoms with van der Waals surface area (Å²) in [5.74, 6) is -1.31. The molecule has 1 N–H and O–H groups in total. The first-order valence-corrected chi connectivity index (χ1v) is 13.2. The minimum absolute atomic E-state index is 0.0254. The van der Waals surface area contributed by atoms with Crippen LogP contribution in [-0.4, -0.2) is 50.5 Å². The number of rotatable bonds is 11. The Hall–Kier alpha value is -2.46. The summed E-state index contributed by atoms with van der Waals surface area (Å²) in [4.78, 5) is 27.4. The molecule has 180 valence electrons. The molecule has 1 atom stereocenters. The summed E-state index contributed by atoms with van der Waals surface area (Å²) in [5, 5.41) is 2.81. The Morgan fingerprint density at radius 2 is 1.82 bits per heavy atom. The Bertz CT molecular complexity index is 1060. The number of nitrogens with one attached hydrogen (secondary N) is 1. The van der Waals surface area contributed by atoms with Crippen LogP contribution in [0.3, 0.4) is 0 Å². The smallest absolute Gasteiger partial charge is 0.244 e. The first-order chi connectivity index (χ1) is 15.5. The van der Waals surface area contributed by atoms with E-state index in [0.29, 0.717) is 22.3 Å². The fourth-order valence-electron chi connectivity index (χ4n) is 3.15. The molecule has 0 saturated heterocycles. The van der Waals surface area contributed by atoms with Crippen molar-refractivity contribution in [2.24, 2.45) is 0 Å². The SMILES string of the molecule is CCCCNC(=O)[C@@H](C)N(Cc1ccc(F)cc1)C(=O)CN(c1cccc(Br)c1)S(C)(=O)=O. The second-order valence-electron chi connectivity index (χ2n) is 7.72. The number of anilines is 1. The fourth-order valence-corrected chi connectivity index (χ4v) is 4.38. The summed E-state index contributed by atoms with van der Waals surface area (Å²) in [6, 6.07) is 11.3. The van der Waals surface area contributed by atoms with Crippen molar-refractivity contribution in [3.8, 4) is 0 Å². The van der Waals surface area contributed by atoms with E-state index in [1.54, 1.807) is 31.2 Å². The van der Waals surface area contributed by atoms with Crippen molar-refractivity contribution in [1.82, 2.24) is 10.2 Å². The lowest BCUT2D eigenvalue weighted by Gasteiger charge is -2.31. The van der Waals surface area contributed by atoms with Gasteiger partial charge in [0.2, 0.25) is 21.8 Å². The van der Waals surface area contributed by atoms with Gasteiger partial charge in [0, 0.05) is 17.6 Å². The van der Waals surface area contributed by atoms with Crippen molar-refractivity contribution in [3.05, 3.63) is 64.4 Å². The van der Waals surface area contributed by atoms with Crippen LogP contribution in [0.15, 0.2) is 53.0 Å². The van der Waals surface area contributed by atoms with E-state index in [4.69, 9.17) is 0 Å². The first-order valence-electron chi connectivity index (χ1n) is 10.6. The number of nitrogens with zero attached hydrogens (tertiary/aromatic N) is 2. The minimum atomic E-state index is -3.79. The fraction of sp³-hybridized carbons (Fsp3) is 0.391. The number of carbonyl (C=O) groups excluding carboxylic acids is 2. The van der Waals surface area contributed by atoms with Gasteiger partial charge in [-0.3, -0.25) is 13.9 Å². The molecule has 7 nitrogen and oxygen atoms in total. The van der Waals surface area contributed by atoms with Crippen molar-refractivity contribution in [2.75, 3.05) is 23.7 Å². The molecule has 0 fully saturated rings. The second-order valence-corrected chi connectivity index (χ2v) is 10.5.